The van der Waals surface area contributed by atoms with Gasteiger partial charge in [-0.2, -0.15) is 0 Å². The molecule has 4 rings (SSSR count). The van der Waals surface area contributed by atoms with E-state index in [-0.39, 0.29) is 22.9 Å². The number of aromatic nitrogens is 2. The summed E-state index contributed by atoms with van der Waals surface area (Å²) in [5, 5.41) is 4.70. The Labute approximate surface area is 183 Å². The van der Waals surface area contributed by atoms with E-state index in [9.17, 15) is 13.2 Å². The second-order valence-electron chi connectivity index (χ2n) is 6.60. The van der Waals surface area contributed by atoms with Gasteiger partial charge in [0, 0.05) is 29.0 Å². The summed E-state index contributed by atoms with van der Waals surface area (Å²) in [4.78, 5) is 17.8. The molecule has 10 heteroatoms. The second-order valence-corrected chi connectivity index (χ2v) is 9.15. The number of nitrogens with zero attached hydrogens (tertiary/aromatic N) is 2. The fourth-order valence-corrected chi connectivity index (χ4v) is 4.76. The van der Waals surface area contributed by atoms with Gasteiger partial charge in [0.1, 0.15) is 5.75 Å². The molecule has 8 nitrogen and oxygen atoms in total. The predicted molar refractivity (Wildman–Crippen MR) is 119 cm³/mol. The minimum atomic E-state index is -3.86. The summed E-state index contributed by atoms with van der Waals surface area (Å²) < 4.78 is 35.3. The van der Waals surface area contributed by atoms with Crippen molar-refractivity contribution in [2.24, 2.45) is 0 Å². The fourth-order valence-electron chi connectivity index (χ4n) is 2.94. The van der Waals surface area contributed by atoms with Crippen LogP contribution >= 0.6 is 11.3 Å². The number of benzene rings is 2. The SMILES string of the molecule is CCOc1ccc(NS(=O)(=O)c2cccc(C(=O)NCc3cn4ccsc4n3)c2)cc1. The minimum Gasteiger partial charge on any atom is -0.494 e. The van der Waals surface area contributed by atoms with E-state index in [1.165, 1.54) is 29.5 Å². The molecule has 0 aliphatic rings. The molecule has 4 aromatic rings. The van der Waals surface area contributed by atoms with Gasteiger partial charge in [0.25, 0.3) is 15.9 Å². The Hall–Kier alpha value is -3.37. The number of rotatable bonds is 8. The molecule has 0 atom stereocenters. The molecule has 31 heavy (non-hydrogen) atoms. The van der Waals surface area contributed by atoms with Crippen LogP contribution in [0.4, 0.5) is 5.69 Å². The Bertz CT molecular complexity index is 1280. The van der Waals surface area contributed by atoms with Crippen LogP contribution in [0, 0.1) is 0 Å². The number of nitrogens with one attached hydrogen (secondary N) is 2. The predicted octanol–water partition coefficient (Wildman–Crippen LogP) is 3.53. The van der Waals surface area contributed by atoms with E-state index in [2.05, 4.69) is 15.0 Å². The highest BCUT2D eigenvalue weighted by molar-refractivity contribution is 7.92. The Morgan fingerprint density at radius 1 is 1.19 bits per heavy atom. The van der Waals surface area contributed by atoms with Crippen LogP contribution in [-0.4, -0.2) is 30.3 Å². The average molecular weight is 457 g/mol. The zero-order valence-electron chi connectivity index (χ0n) is 16.6. The number of anilines is 1. The molecule has 0 aliphatic heterocycles. The van der Waals surface area contributed by atoms with Crippen molar-refractivity contribution in [2.75, 3.05) is 11.3 Å². The molecule has 0 radical (unpaired) electrons. The van der Waals surface area contributed by atoms with Crippen LogP contribution in [0.2, 0.25) is 0 Å². The maximum Gasteiger partial charge on any atom is 0.261 e. The number of carbonyl (C=O) groups is 1. The smallest absolute Gasteiger partial charge is 0.261 e. The first kappa shape index (κ1) is 20.9. The van der Waals surface area contributed by atoms with E-state index in [0.29, 0.717) is 18.0 Å². The number of thiazole rings is 1. The molecule has 2 heterocycles. The van der Waals surface area contributed by atoms with Gasteiger partial charge in [-0.1, -0.05) is 6.07 Å². The van der Waals surface area contributed by atoms with Crippen molar-refractivity contribution in [3.8, 4) is 5.75 Å². The van der Waals surface area contributed by atoms with Crippen LogP contribution < -0.4 is 14.8 Å². The molecule has 2 aromatic heterocycles. The molecule has 0 saturated heterocycles. The fraction of sp³-hybridized carbons (Fsp3) is 0.143. The van der Waals surface area contributed by atoms with E-state index in [1.807, 2.05) is 29.1 Å². The number of imidazole rings is 1. The largest absolute Gasteiger partial charge is 0.494 e. The Kier molecular flexibility index (Phi) is 5.92. The van der Waals surface area contributed by atoms with E-state index in [0.717, 1.165) is 10.7 Å². The van der Waals surface area contributed by atoms with Gasteiger partial charge >= 0.3 is 0 Å². The molecule has 0 aliphatic carbocycles. The van der Waals surface area contributed by atoms with Crippen LogP contribution in [0.5, 0.6) is 5.75 Å². The monoisotopic (exact) mass is 456 g/mol. The van der Waals surface area contributed by atoms with Crippen LogP contribution in [0.15, 0.2) is 71.2 Å². The van der Waals surface area contributed by atoms with Crippen LogP contribution in [0.1, 0.15) is 23.0 Å². The summed E-state index contributed by atoms with van der Waals surface area (Å²) in [7, 11) is -3.86. The van der Waals surface area contributed by atoms with Crippen molar-refractivity contribution < 1.29 is 17.9 Å². The highest BCUT2D eigenvalue weighted by Gasteiger charge is 2.17. The number of amides is 1. The number of hydrogen-bond donors (Lipinski definition) is 2. The molecule has 0 bridgehead atoms. The van der Waals surface area contributed by atoms with Gasteiger partial charge in [-0.3, -0.25) is 13.9 Å². The minimum absolute atomic E-state index is 0.00320. The third-order valence-electron chi connectivity index (χ3n) is 4.40. The van der Waals surface area contributed by atoms with Gasteiger partial charge in [-0.25, -0.2) is 13.4 Å². The summed E-state index contributed by atoms with van der Waals surface area (Å²) in [5.41, 5.74) is 1.37. The maximum absolute atomic E-state index is 12.8. The molecular formula is C21H20N4O4S2. The van der Waals surface area contributed by atoms with Crippen molar-refractivity contribution in [1.82, 2.24) is 14.7 Å². The quantitative estimate of drug-likeness (QED) is 0.422. The summed E-state index contributed by atoms with van der Waals surface area (Å²) >= 11 is 1.51. The van der Waals surface area contributed by atoms with Gasteiger partial charge in [0.2, 0.25) is 0 Å². The van der Waals surface area contributed by atoms with E-state index < -0.39 is 10.0 Å². The third-order valence-corrected chi connectivity index (χ3v) is 6.55. The van der Waals surface area contributed by atoms with Crippen molar-refractivity contribution in [3.05, 3.63) is 77.6 Å². The Morgan fingerprint density at radius 2 is 2.00 bits per heavy atom. The van der Waals surface area contributed by atoms with Gasteiger partial charge in [0.05, 0.1) is 23.7 Å². The van der Waals surface area contributed by atoms with E-state index in [1.54, 1.807) is 30.3 Å². The zero-order valence-corrected chi connectivity index (χ0v) is 18.2. The normalized spacial score (nSPS) is 11.4. The number of carbonyl (C=O) groups excluding carboxylic acids is 1. The maximum atomic E-state index is 12.8. The molecule has 0 spiro atoms. The molecule has 1 amide bonds. The molecule has 160 valence electrons. The molecule has 2 aromatic carbocycles. The Morgan fingerprint density at radius 3 is 2.74 bits per heavy atom. The van der Waals surface area contributed by atoms with Crippen molar-refractivity contribution in [2.45, 2.75) is 18.4 Å². The summed E-state index contributed by atoms with van der Waals surface area (Å²) in [5.74, 6) is 0.274. The number of ether oxygens (including phenoxy) is 1. The highest BCUT2D eigenvalue weighted by Crippen LogP contribution is 2.20. The van der Waals surface area contributed by atoms with Crippen molar-refractivity contribution in [1.29, 1.82) is 0 Å². The van der Waals surface area contributed by atoms with Crippen LogP contribution in [0.25, 0.3) is 4.96 Å². The molecule has 0 fully saturated rings. The third kappa shape index (κ3) is 4.86. The van der Waals surface area contributed by atoms with Gasteiger partial charge in [-0.15, -0.1) is 11.3 Å². The van der Waals surface area contributed by atoms with Gasteiger partial charge in [0.15, 0.2) is 4.96 Å². The van der Waals surface area contributed by atoms with Crippen molar-refractivity contribution in [3.63, 3.8) is 0 Å². The van der Waals surface area contributed by atoms with Crippen molar-refractivity contribution >= 4 is 37.9 Å². The number of sulfonamides is 1. The standard InChI is InChI=1S/C21H20N4O4S2/c1-2-29-18-8-6-16(7-9-18)24-31(27,28)19-5-3-4-15(12-19)20(26)22-13-17-14-25-10-11-30-21(25)23-17/h3-12,14,24H,2,13H2,1H3,(H,22,26). The molecule has 0 saturated carbocycles. The Balaban J connectivity index is 1.44. The van der Waals surface area contributed by atoms with Gasteiger partial charge < -0.3 is 10.1 Å². The lowest BCUT2D eigenvalue weighted by Gasteiger charge is -2.10. The topological polar surface area (TPSA) is 102 Å². The lowest BCUT2D eigenvalue weighted by atomic mass is 10.2. The van der Waals surface area contributed by atoms with Gasteiger partial charge in [-0.05, 0) is 49.4 Å². The average Bonchev–Trinajstić information content (AvgIpc) is 3.35. The second kappa shape index (κ2) is 8.78. The first-order valence-electron chi connectivity index (χ1n) is 9.49. The van der Waals surface area contributed by atoms with Crippen LogP contribution in [0.3, 0.4) is 0 Å². The highest BCUT2D eigenvalue weighted by atomic mass is 32.2. The number of fused-ring (bicyclic) bond motifs is 1. The lowest BCUT2D eigenvalue weighted by molar-refractivity contribution is 0.0950. The van der Waals surface area contributed by atoms with E-state index in [4.69, 9.17) is 4.74 Å². The number of hydrogen-bond acceptors (Lipinski definition) is 6. The first-order chi connectivity index (χ1) is 14.9. The summed E-state index contributed by atoms with van der Waals surface area (Å²) in [6, 6.07) is 12.5. The lowest BCUT2D eigenvalue weighted by Crippen LogP contribution is -2.23. The molecule has 0 unspecified atom stereocenters. The van der Waals surface area contributed by atoms with Crippen LogP contribution in [-0.2, 0) is 16.6 Å². The zero-order chi connectivity index (χ0) is 21.8. The molecule has 2 N–H and O–H groups in total. The summed E-state index contributed by atoms with van der Waals surface area (Å²) in [6.07, 6.45) is 3.73. The van der Waals surface area contributed by atoms with E-state index >= 15 is 0 Å². The molecular weight excluding hydrogens is 436 g/mol. The first-order valence-corrected chi connectivity index (χ1v) is 11.9. The summed E-state index contributed by atoms with van der Waals surface area (Å²) in [6.45, 7) is 2.64.